The van der Waals surface area contributed by atoms with E-state index in [4.69, 9.17) is 16.3 Å². The largest absolute Gasteiger partial charge is 0.457 e. The Bertz CT molecular complexity index is 926. The van der Waals surface area contributed by atoms with Crippen LogP contribution in [0.2, 0.25) is 5.02 Å². The van der Waals surface area contributed by atoms with Crippen LogP contribution in [0, 0.1) is 0 Å². The maximum absolute atomic E-state index is 11.9. The van der Waals surface area contributed by atoms with Crippen LogP contribution in [-0.2, 0) is 11.2 Å². The molecule has 1 unspecified atom stereocenters. The van der Waals surface area contributed by atoms with Crippen molar-refractivity contribution in [1.82, 2.24) is 14.7 Å². The van der Waals surface area contributed by atoms with Gasteiger partial charge < -0.3 is 9.64 Å². The van der Waals surface area contributed by atoms with Crippen molar-refractivity contribution in [3.05, 3.63) is 58.6 Å². The lowest BCUT2D eigenvalue weighted by Crippen LogP contribution is -2.49. The molecule has 2 saturated heterocycles. The SMILES string of the molecule is O=C1CCCN1CCN1CCN(C2Cc3cc(Cl)ccc3Oc3ccccc32)CC1. The second-order valence-electron chi connectivity index (χ2n) is 8.47. The molecule has 3 aliphatic rings. The first-order valence-corrected chi connectivity index (χ1v) is 11.3. The molecule has 1 atom stereocenters. The van der Waals surface area contributed by atoms with E-state index in [1.165, 1.54) is 11.1 Å². The zero-order valence-corrected chi connectivity index (χ0v) is 18.0. The summed E-state index contributed by atoms with van der Waals surface area (Å²) in [5, 5.41) is 0.753. The number of carbonyl (C=O) groups is 1. The van der Waals surface area contributed by atoms with E-state index >= 15 is 0 Å². The number of fused-ring (bicyclic) bond motifs is 2. The van der Waals surface area contributed by atoms with Crippen molar-refractivity contribution in [2.75, 3.05) is 45.8 Å². The van der Waals surface area contributed by atoms with E-state index in [1.54, 1.807) is 0 Å². The third-order valence-corrected chi connectivity index (χ3v) is 6.87. The van der Waals surface area contributed by atoms with Gasteiger partial charge in [0.25, 0.3) is 0 Å². The number of para-hydroxylation sites is 1. The Morgan fingerprint density at radius 2 is 1.80 bits per heavy atom. The molecular weight excluding hydrogens is 398 g/mol. The van der Waals surface area contributed by atoms with Gasteiger partial charge in [-0.2, -0.15) is 0 Å². The number of rotatable bonds is 4. The summed E-state index contributed by atoms with van der Waals surface area (Å²) in [5.41, 5.74) is 2.42. The zero-order valence-electron chi connectivity index (χ0n) is 17.2. The minimum absolute atomic E-state index is 0.281. The molecule has 30 heavy (non-hydrogen) atoms. The van der Waals surface area contributed by atoms with Crippen molar-refractivity contribution in [1.29, 1.82) is 0 Å². The van der Waals surface area contributed by atoms with Gasteiger partial charge in [0.2, 0.25) is 5.91 Å². The summed E-state index contributed by atoms with van der Waals surface area (Å²) in [5.74, 6) is 2.17. The Morgan fingerprint density at radius 3 is 2.60 bits per heavy atom. The van der Waals surface area contributed by atoms with Gasteiger partial charge in [0, 0.05) is 68.9 Å². The average molecular weight is 426 g/mol. The Labute approximate surface area is 183 Å². The van der Waals surface area contributed by atoms with E-state index in [-0.39, 0.29) is 6.04 Å². The first-order chi connectivity index (χ1) is 14.7. The monoisotopic (exact) mass is 425 g/mol. The molecule has 0 radical (unpaired) electrons. The van der Waals surface area contributed by atoms with E-state index in [2.05, 4.69) is 28.0 Å². The average Bonchev–Trinajstić information content (AvgIpc) is 3.10. The van der Waals surface area contributed by atoms with Gasteiger partial charge in [-0.25, -0.2) is 0 Å². The second-order valence-corrected chi connectivity index (χ2v) is 8.91. The normalized spacial score (nSPS) is 22.4. The zero-order chi connectivity index (χ0) is 20.5. The highest BCUT2D eigenvalue weighted by Gasteiger charge is 2.31. The summed E-state index contributed by atoms with van der Waals surface area (Å²) in [7, 11) is 0. The van der Waals surface area contributed by atoms with Crippen LogP contribution in [0.3, 0.4) is 0 Å². The highest BCUT2D eigenvalue weighted by molar-refractivity contribution is 6.30. The number of nitrogens with zero attached hydrogens (tertiary/aromatic N) is 3. The molecule has 0 N–H and O–H groups in total. The third-order valence-electron chi connectivity index (χ3n) is 6.64. The first-order valence-electron chi connectivity index (χ1n) is 11.0. The fourth-order valence-electron chi connectivity index (χ4n) is 4.92. The lowest BCUT2D eigenvalue weighted by Gasteiger charge is -2.39. The van der Waals surface area contributed by atoms with Crippen molar-refractivity contribution in [2.45, 2.75) is 25.3 Å². The summed E-state index contributed by atoms with van der Waals surface area (Å²) in [6.45, 7) is 6.87. The Hall–Kier alpha value is -2.08. The molecule has 5 rings (SSSR count). The van der Waals surface area contributed by atoms with Gasteiger partial charge in [0.1, 0.15) is 11.5 Å². The van der Waals surface area contributed by atoms with E-state index in [0.29, 0.717) is 5.91 Å². The molecule has 0 aromatic heterocycles. The molecule has 0 aliphatic carbocycles. The van der Waals surface area contributed by atoms with Crippen LogP contribution in [0.25, 0.3) is 0 Å². The Kier molecular flexibility index (Phi) is 5.68. The summed E-state index contributed by atoms with van der Waals surface area (Å²) < 4.78 is 6.27. The van der Waals surface area contributed by atoms with Crippen LogP contribution in [0.1, 0.15) is 30.0 Å². The molecule has 2 aromatic rings. The van der Waals surface area contributed by atoms with Crippen LogP contribution in [-0.4, -0.2) is 66.4 Å². The smallest absolute Gasteiger partial charge is 0.222 e. The van der Waals surface area contributed by atoms with Crippen molar-refractivity contribution in [3.8, 4) is 11.5 Å². The maximum atomic E-state index is 11.9. The number of amides is 1. The van der Waals surface area contributed by atoms with Crippen molar-refractivity contribution >= 4 is 17.5 Å². The van der Waals surface area contributed by atoms with E-state index in [9.17, 15) is 4.79 Å². The number of hydrogen-bond donors (Lipinski definition) is 0. The molecule has 0 bridgehead atoms. The minimum atomic E-state index is 0.281. The van der Waals surface area contributed by atoms with Gasteiger partial charge in [-0.15, -0.1) is 0 Å². The van der Waals surface area contributed by atoms with Gasteiger partial charge in [-0.1, -0.05) is 29.8 Å². The highest BCUT2D eigenvalue weighted by atomic mass is 35.5. The molecule has 3 aliphatic heterocycles. The van der Waals surface area contributed by atoms with E-state index < -0.39 is 0 Å². The quantitative estimate of drug-likeness (QED) is 0.742. The number of halogens is 1. The molecule has 5 nitrogen and oxygen atoms in total. The summed E-state index contributed by atoms with van der Waals surface area (Å²) in [4.78, 5) is 18.9. The number of piperazine rings is 1. The topological polar surface area (TPSA) is 36.0 Å². The predicted molar refractivity (Wildman–Crippen MR) is 118 cm³/mol. The van der Waals surface area contributed by atoms with E-state index in [1.807, 2.05) is 29.2 Å². The van der Waals surface area contributed by atoms with Crippen molar-refractivity contribution < 1.29 is 9.53 Å². The molecule has 2 aromatic carbocycles. The molecule has 6 heteroatoms. The standard InChI is InChI=1S/C24H28ClN3O2/c25-19-7-8-22-18(16-19)17-21(20-4-1-2-5-23(20)30-22)27-13-10-26(11-14-27)12-15-28-9-3-6-24(28)29/h1-2,4-5,7-8,16,21H,3,6,9-15,17H2. The fraction of sp³-hybridized carbons (Fsp3) is 0.458. The summed E-state index contributed by atoms with van der Waals surface area (Å²) in [6.07, 6.45) is 2.64. The number of ether oxygens (including phenoxy) is 1. The van der Waals surface area contributed by atoms with Crippen molar-refractivity contribution in [3.63, 3.8) is 0 Å². The van der Waals surface area contributed by atoms with Crippen LogP contribution in [0.4, 0.5) is 0 Å². The summed E-state index contributed by atoms with van der Waals surface area (Å²) in [6, 6.07) is 14.6. The second kappa shape index (κ2) is 8.58. The molecular formula is C24H28ClN3O2. The van der Waals surface area contributed by atoms with Gasteiger partial charge in [0.15, 0.2) is 0 Å². The maximum Gasteiger partial charge on any atom is 0.222 e. The molecule has 158 valence electrons. The summed E-state index contributed by atoms with van der Waals surface area (Å²) >= 11 is 6.29. The van der Waals surface area contributed by atoms with Gasteiger partial charge in [-0.05, 0) is 42.7 Å². The number of hydrogen-bond acceptors (Lipinski definition) is 4. The molecule has 0 spiro atoms. The van der Waals surface area contributed by atoms with Gasteiger partial charge in [-0.3, -0.25) is 14.6 Å². The molecule has 2 fully saturated rings. The lowest BCUT2D eigenvalue weighted by molar-refractivity contribution is -0.127. The predicted octanol–water partition coefficient (Wildman–Crippen LogP) is 3.97. The fourth-order valence-corrected chi connectivity index (χ4v) is 5.11. The molecule has 1 amide bonds. The lowest BCUT2D eigenvalue weighted by atomic mass is 9.96. The van der Waals surface area contributed by atoms with Crippen LogP contribution < -0.4 is 4.74 Å². The highest BCUT2D eigenvalue weighted by Crippen LogP contribution is 2.41. The van der Waals surface area contributed by atoms with Crippen LogP contribution >= 0.6 is 11.6 Å². The van der Waals surface area contributed by atoms with Gasteiger partial charge >= 0.3 is 0 Å². The molecule has 0 saturated carbocycles. The Balaban J connectivity index is 1.28. The van der Waals surface area contributed by atoms with Crippen molar-refractivity contribution in [2.24, 2.45) is 0 Å². The number of benzene rings is 2. The number of likely N-dealkylation sites (tertiary alicyclic amines) is 1. The van der Waals surface area contributed by atoms with Crippen LogP contribution in [0.15, 0.2) is 42.5 Å². The van der Waals surface area contributed by atoms with Crippen LogP contribution in [0.5, 0.6) is 11.5 Å². The number of carbonyl (C=O) groups excluding carboxylic acids is 1. The third kappa shape index (κ3) is 4.07. The van der Waals surface area contributed by atoms with Gasteiger partial charge in [0.05, 0.1) is 0 Å². The van der Waals surface area contributed by atoms with E-state index in [0.717, 1.165) is 81.6 Å². The first kappa shape index (κ1) is 19.9. The Morgan fingerprint density at radius 1 is 0.967 bits per heavy atom. The molecule has 3 heterocycles. The minimum Gasteiger partial charge on any atom is -0.457 e.